The van der Waals surface area contributed by atoms with Gasteiger partial charge in [0.05, 0.1) is 16.4 Å². The first-order chi connectivity index (χ1) is 13.5. The van der Waals surface area contributed by atoms with Gasteiger partial charge >= 0.3 is 5.97 Å². The van der Waals surface area contributed by atoms with Gasteiger partial charge in [0.25, 0.3) is 0 Å². The monoisotopic (exact) mass is 391 g/mol. The molecule has 1 heterocycles. The predicted molar refractivity (Wildman–Crippen MR) is 107 cm³/mol. The Bertz CT molecular complexity index is 1070. The molecule has 2 aromatic carbocycles. The molecule has 1 aliphatic heterocycles. The van der Waals surface area contributed by atoms with Crippen LogP contribution in [-0.2, 0) is 19.4 Å². The van der Waals surface area contributed by atoms with Crippen molar-refractivity contribution in [2.45, 2.75) is 6.92 Å². The van der Waals surface area contributed by atoms with Crippen LogP contribution in [0.4, 0.5) is 0 Å². The van der Waals surface area contributed by atoms with E-state index in [1.54, 1.807) is 67.6 Å². The van der Waals surface area contributed by atoms with Crippen LogP contribution in [0.5, 0.6) is 0 Å². The molecule has 3 rings (SSSR count). The van der Waals surface area contributed by atoms with Gasteiger partial charge < -0.3 is 4.74 Å². The van der Waals surface area contributed by atoms with E-state index in [9.17, 15) is 18.5 Å². The Morgan fingerprint density at radius 2 is 1.39 bits per heavy atom. The molecule has 28 heavy (non-hydrogen) atoms. The standard InChI is InChI=1S/C22H17NO4S/c1-2-27-22(24)19(15-23)18-13-20(16-9-5-3-6-10-16)28(25,26)21(14-18)17-11-7-4-8-12-17/h3-14H,2H2,1H3. The second kappa shape index (κ2) is 8.07. The van der Waals surface area contributed by atoms with E-state index in [1.807, 2.05) is 6.07 Å². The highest BCUT2D eigenvalue weighted by atomic mass is 32.2. The van der Waals surface area contributed by atoms with Gasteiger partial charge in [-0.2, -0.15) is 5.26 Å². The van der Waals surface area contributed by atoms with E-state index in [0.717, 1.165) is 0 Å². The minimum atomic E-state index is -3.86. The summed E-state index contributed by atoms with van der Waals surface area (Å²) in [7, 11) is -3.86. The number of nitrogens with zero attached hydrogens (tertiary/aromatic N) is 1. The summed E-state index contributed by atoms with van der Waals surface area (Å²) in [6.45, 7) is 1.75. The second-order valence-electron chi connectivity index (χ2n) is 5.92. The molecule has 1 aliphatic rings. The molecule has 0 aromatic heterocycles. The number of ether oxygens (including phenoxy) is 1. The number of hydrogen-bond acceptors (Lipinski definition) is 5. The lowest BCUT2D eigenvalue weighted by molar-refractivity contribution is -0.138. The van der Waals surface area contributed by atoms with E-state index in [4.69, 9.17) is 4.74 Å². The highest BCUT2D eigenvalue weighted by Crippen LogP contribution is 2.39. The molecule has 0 amide bonds. The normalized spacial score (nSPS) is 15.1. The van der Waals surface area contributed by atoms with Crippen molar-refractivity contribution in [3.8, 4) is 6.07 Å². The number of allylic oxidation sites excluding steroid dienone is 3. The first-order valence-electron chi connectivity index (χ1n) is 8.60. The van der Waals surface area contributed by atoms with E-state index >= 15 is 0 Å². The topological polar surface area (TPSA) is 84.2 Å². The highest BCUT2D eigenvalue weighted by molar-refractivity contribution is 8.09. The van der Waals surface area contributed by atoms with Crippen LogP contribution in [0.2, 0.25) is 0 Å². The van der Waals surface area contributed by atoms with Crippen molar-refractivity contribution in [2.75, 3.05) is 6.61 Å². The summed E-state index contributed by atoms with van der Waals surface area (Å²) >= 11 is 0. The highest BCUT2D eigenvalue weighted by Gasteiger charge is 2.31. The van der Waals surface area contributed by atoms with Crippen molar-refractivity contribution in [3.63, 3.8) is 0 Å². The Morgan fingerprint density at radius 1 is 0.929 bits per heavy atom. The van der Waals surface area contributed by atoms with Gasteiger partial charge in [-0.1, -0.05) is 60.7 Å². The van der Waals surface area contributed by atoms with Crippen molar-refractivity contribution in [1.29, 1.82) is 5.26 Å². The Labute approximate surface area is 163 Å². The smallest absolute Gasteiger partial charge is 0.349 e. The number of nitriles is 1. The molecule has 140 valence electrons. The number of rotatable bonds is 4. The fourth-order valence-corrected chi connectivity index (χ4v) is 4.55. The first kappa shape index (κ1) is 19.3. The summed E-state index contributed by atoms with van der Waals surface area (Å²) in [4.78, 5) is 12.3. The number of esters is 1. The van der Waals surface area contributed by atoms with E-state index in [2.05, 4.69) is 0 Å². The molecule has 0 fully saturated rings. The second-order valence-corrected chi connectivity index (χ2v) is 7.80. The molecule has 0 unspecified atom stereocenters. The molecule has 0 radical (unpaired) electrons. The van der Waals surface area contributed by atoms with Gasteiger partial charge in [0.15, 0.2) is 0 Å². The molecule has 0 bridgehead atoms. The third kappa shape index (κ3) is 3.66. The average Bonchev–Trinajstić information content (AvgIpc) is 2.70. The summed E-state index contributed by atoms with van der Waals surface area (Å²) in [6, 6.07) is 19.0. The Kier molecular flexibility index (Phi) is 5.57. The molecule has 2 aromatic rings. The summed E-state index contributed by atoms with van der Waals surface area (Å²) in [5.41, 5.74) is 0.914. The predicted octanol–water partition coefficient (Wildman–Crippen LogP) is 3.88. The minimum Gasteiger partial charge on any atom is -0.462 e. The zero-order chi connectivity index (χ0) is 20.1. The van der Waals surface area contributed by atoms with Crippen LogP contribution in [0.1, 0.15) is 18.1 Å². The fraction of sp³-hybridized carbons (Fsp3) is 0.0909. The molecule has 0 atom stereocenters. The van der Waals surface area contributed by atoms with Gasteiger partial charge in [-0.3, -0.25) is 0 Å². The van der Waals surface area contributed by atoms with Crippen LogP contribution >= 0.6 is 0 Å². The van der Waals surface area contributed by atoms with Crippen LogP contribution in [0.3, 0.4) is 0 Å². The van der Waals surface area contributed by atoms with Crippen molar-refractivity contribution >= 4 is 25.6 Å². The van der Waals surface area contributed by atoms with Crippen LogP contribution in [0.25, 0.3) is 9.81 Å². The zero-order valence-electron chi connectivity index (χ0n) is 15.1. The van der Waals surface area contributed by atoms with Crippen molar-refractivity contribution in [1.82, 2.24) is 0 Å². The fourth-order valence-electron chi connectivity index (χ4n) is 2.86. The van der Waals surface area contributed by atoms with Gasteiger partial charge in [0.2, 0.25) is 9.84 Å². The largest absolute Gasteiger partial charge is 0.462 e. The van der Waals surface area contributed by atoms with Gasteiger partial charge in [-0.15, -0.1) is 0 Å². The van der Waals surface area contributed by atoms with E-state index in [-0.39, 0.29) is 27.6 Å². The summed E-state index contributed by atoms with van der Waals surface area (Å²) in [5, 5.41) is 9.50. The quantitative estimate of drug-likeness (QED) is 0.449. The molecule has 6 heteroatoms. The molecular formula is C22H17NO4S. The van der Waals surface area contributed by atoms with E-state index in [0.29, 0.717) is 11.1 Å². The number of carbonyl (C=O) groups is 1. The van der Waals surface area contributed by atoms with Gasteiger partial charge in [-0.25, -0.2) is 13.2 Å². The number of sulfone groups is 1. The number of hydrogen-bond donors (Lipinski definition) is 0. The molecule has 0 aliphatic carbocycles. The van der Waals surface area contributed by atoms with Crippen molar-refractivity contribution < 1.29 is 17.9 Å². The maximum Gasteiger partial charge on any atom is 0.349 e. The van der Waals surface area contributed by atoms with Gasteiger partial charge in [-0.05, 0) is 30.2 Å². The van der Waals surface area contributed by atoms with Crippen LogP contribution in [0.15, 0.2) is 84.0 Å². The Balaban J connectivity index is 2.31. The van der Waals surface area contributed by atoms with Crippen LogP contribution in [0, 0.1) is 11.3 Å². The average molecular weight is 391 g/mol. The molecular weight excluding hydrogens is 374 g/mol. The number of carbonyl (C=O) groups excluding carboxylic acids is 1. The van der Waals surface area contributed by atoms with Crippen LogP contribution in [-0.4, -0.2) is 21.0 Å². The Morgan fingerprint density at radius 3 is 1.79 bits per heavy atom. The summed E-state index contributed by atoms with van der Waals surface area (Å²) in [5.74, 6) is -0.786. The number of benzene rings is 2. The lowest BCUT2D eigenvalue weighted by atomic mass is 10.0. The third-order valence-corrected chi connectivity index (χ3v) is 6.01. The minimum absolute atomic E-state index is 0.0292. The first-order valence-corrected chi connectivity index (χ1v) is 10.1. The van der Waals surface area contributed by atoms with E-state index in [1.165, 1.54) is 12.2 Å². The molecule has 0 spiro atoms. The third-order valence-electron chi connectivity index (χ3n) is 4.15. The molecule has 0 saturated heterocycles. The Hall–Kier alpha value is -3.43. The zero-order valence-corrected chi connectivity index (χ0v) is 15.9. The van der Waals surface area contributed by atoms with Gasteiger partial charge in [0, 0.05) is 5.57 Å². The molecule has 0 saturated carbocycles. The lowest BCUT2D eigenvalue weighted by Crippen LogP contribution is -2.14. The van der Waals surface area contributed by atoms with Crippen LogP contribution < -0.4 is 0 Å². The van der Waals surface area contributed by atoms with Crippen molar-refractivity contribution in [3.05, 3.63) is 95.1 Å². The maximum atomic E-state index is 13.3. The summed E-state index contributed by atoms with van der Waals surface area (Å²) in [6.07, 6.45) is 2.71. The van der Waals surface area contributed by atoms with Crippen molar-refractivity contribution in [2.24, 2.45) is 0 Å². The van der Waals surface area contributed by atoms with E-state index < -0.39 is 15.8 Å². The summed E-state index contributed by atoms with van der Waals surface area (Å²) < 4.78 is 31.6. The lowest BCUT2D eigenvalue weighted by Gasteiger charge is -2.19. The molecule has 0 N–H and O–H groups in total. The molecule has 5 nitrogen and oxygen atoms in total. The maximum absolute atomic E-state index is 13.3. The van der Waals surface area contributed by atoms with Gasteiger partial charge in [0.1, 0.15) is 11.6 Å². The SMILES string of the molecule is CCOC(=O)C(C#N)=C1C=C(c2ccccc2)S(=O)(=O)C(c2ccccc2)=C1.